The Hall–Kier alpha value is -0.730. The van der Waals surface area contributed by atoms with Gasteiger partial charge in [-0.3, -0.25) is 4.79 Å². The molecule has 0 spiro atoms. The highest BCUT2D eigenvalue weighted by Crippen LogP contribution is 2.51. The third kappa shape index (κ3) is 9.05. The van der Waals surface area contributed by atoms with Crippen molar-refractivity contribution in [3.05, 3.63) is 0 Å². The normalized spacial score (nSPS) is 30.2. The van der Waals surface area contributed by atoms with Gasteiger partial charge in [0, 0.05) is 20.3 Å². The summed E-state index contributed by atoms with van der Waals surface area (Å²) in [6.45, 7) is 13.1. The van der Waals surface area contributed by atoms with Gasteiger partial charge < -0.3 is 28.4 Å². The van der Waals surface area contributed by atoms with Crippen LogP contribution in [0.4, 0.5) is 0 Å². The quantitative estimate of drug-likeness (QED) is 0.226. The zero-order valence-corrected chi connectivity index (χ0v) is 22.7. The number of esters is 1. The summed E-state index contributed by atoms with van der Waals surface area (Å²) in [7, 11) is 1.68. The molecular weight excluding hydrogens is 436 g/mol. The van der Waals surface area contributed by atoms with E-state index in [0.717, 1.165) is 51.4 Å². The summed E-state index contributed by atoms with van der Waals surface area (Å²) in [6, 6.07) is 0. The third-order valence-corrected chi connectivity index (χ3v) is 7.94. The molecule has 2 aliphatic rings. The van der Waals surface area contributed by atoms with E-state index < -0.39 is 6.29 Å². The number of hydrogen-bond acceptors (Lipinski definition) is 7. The van der Waals surface area contributed by atoms with Crippen molar-refractivity contribution >= 4 is 5.97 Å². The molecule has 2 rings (SSSR count). The summed E-state index contributed by atoms with van der Waals surface area (Å²) < 4.78 is 34.0. The van der Waals surface area contributed by atoms with Gasteiger partial charge in [-0.1, -0.05) is 6.92 Å². The van der Waals surface area contributed by atoms with E-state index in [1.807, 2.05) is 27.7 Å². The van der Waals surface area contributed by atoms with Crippen molar-refractivity contribution in [2.45, 2.75) is 130 Å². The van der Waals surface area contributed by atoms with Gasteiger partial charge in [0.1, 0.15) is 0 Å². The Bertz CT molecular complexity index is 569. The molecule has 2 fully saturated rings. The molecule has 0 saturated heterocycles. The first kappa shape index (κ1) is 29.5. The number of methoxy groups -OCH3 is 1. The Morgan fingerprint density at radius 2 is 1.21 bits per heavy atom. The van der Waals surface area contributed by atoms with Gasteiger partial charge in [-0.05, 0) is 103 Å². The molecule has 0 N–H and O–H groups in total. The predicted octanol–water partition coefficient (Wildman–Crippen LogP) is 5.83. The SMILES string of the molecule is CCOC(C)OC(=O)CC(C)(C1CCC(OC(C)OC)CC1)C1CCC(OC(C)OCC)CC1. The molecule has 4 unspecified atom stereocenters. The molecule has 7 nitrogen and oxygen atoms in total. The first-order valence-electron chi connectivity index (χ1n) is 13.5. The first-order valence-corrected chi connectivity index (χ1v) is 13.5. The zero-order valence-electron chi connectivity index (χ0n) is 22.7. The number of hydrogen-bond donors (Lipinski definition) is 0. The van der Waals surface area contributed by atoms with E-state index in [4.69, 9.17) is 28.4 Å². The smallest absolute Gasteiger partial charge is 0.308 e. The molecule has 2 saturated carbocycles. The van der Waals surface area contributed by atoms with Crippen LogP contribution >= 0.6 is 0 Å². The number of rotatable bonds is 14. The van der Waals surface area contributed by atoms with E-state index in [2.05, 4.69) is 6.92 Å². The van der Waals surface area contributed by atoms with Crippen molar-refractivity contribution in [2.75, 3.05) is 20.3 Å². The minimum absolute atomic E-state index is 0.114. The number of carbonyl (C=O) groups is 1. The van der Waals surface area contributed by atoms with Crippen molar-refractivity contribution in [3.63, 3.8) is 0 Å². The lowest BCUT2D eigenvalue weighted by Gasteiger charge is -2.48. The first-order chi connectivity index (χ1) is 16.2. The Balaban J connectivity index is 2.04. The Morgan fingerprint density at radius 3 is 1.65 bits per heavy atom. The van der Waals surface area contributed by atoms with Gasteiger partial charge in [0.15, 0.2) is 18.9 Å². The number of carbonyl (C=O) groups excluding carboxylic acids is 1. The maximum Gasteiger partial charge on any atom is 0.308 e. The molecular formula is C27H50O7. The van der Waals surface area contributed by atoms with Gasteiger partial charge in [-0.15, -0.1) is 0 Å². The van der Waals surface area contributed by atoms with Crippen LogP contribution in [0.5, 0.6) is 0 Å². The van der Waals surface area contributed by atoms with E-state index in [0.29, 0.717) is 31.5 Å². The van der Waals surface area contributed by atoms with Crippen LogP contribution < -0.4 is 0 Å². The second-order valence-electron chi connectivity index (χ2n) is 10.2. The maximum atomic E-state index is 13.0. The predicted molar refractivity (Wildman–Crippen MR) is 131 cm³/mol. The van der Waals surface area contributed by atoms with Crippen molar-refractivity contribution in [1.29, 1.82) is 0 Å². The summed E-state index contributed by atoms with van der Waals surface area (Å²) in [4.78, 5) is 13.0. The molecule has 0 heterocycles. The summed E-state index contributed by atoms with van der Waals surface area (Å²) in [5.74, 6) is 0.771. The Morgan fingerprint density at radius 1 is 0.765 bits per heavy atom. The van der Waals surface area contributed by atoms with Crippen LogP contribution in [0.2, 0.25) is 0 Å². The fourth-order valence-electron chi connectivity index (χ4n) is 6.02. The highest BCUT2D eigenvalue weighted by Gasteiger charge is 2.46. The molecule has 0 bridgehead atoms. The van der Waals surface area contributed by atoms with E-state index in [1.165, 1.54) is 0 Å². The maximum absolute atomic E-state index is 13.0. The fourth-order valence-corrected chi connectivity index (χ4v) is 6.02. The van der Waals surface area contributed by atoms with Gasteiger partial charge in [0.05, 0.1) is 18.6 Å². The molecule has 0 aromatic heterocycles. The van der Waals surface area contributed by atoms with Crippen molar-refractivity contribution in [1.82, 2.24) is 0 Å². The van der Waals surface area contributed by atoms with Crippen molar-refractivity contribution in [3.8, 4) is 0 Å². The fraction of sp³-hybridized carbons (Fsp3) is 0.963. The Labute approximate surface area is 207 Å². The van der Waals surface area contributed by atoms with Crippen LogP contribution in [0, 0.1) is 17.3 Å². The number of ether oxygens (including phenoxy) is 6. The van der Waals surface area contributed by atoms with Gasteiger partial charge in [0.2, 0.25) is 0 Å². The lowest BCUT2D eigenvalue weighted by molar-refractivity contribution is -0.182. The summed E-state index contributed by atoms with van der Waals surface area (Å²) in [5.41, 5.74) is -0.114. The van der Waals surface area contributed by atoms with Crippen LogP contribution in [0.25, 0.3) is 0 Å². The van der Waals surface area contributed by atoms with Gasteiger partial charge >= 0.3 is 5.97 Å². The second-order valence-corrected chi connectivity index (χ2v) is 10.2. The van der Waals surface area contributed by atoms with E-state index in [-0.39, 0.29) is 36.2 Å². The largest absolute Gasteiger partial charge is 0.436 e. The average Bonchev–Trinajstić information content (AvgIpc) is 2.80. The minimum Gasteiger partial charge on any atom is -0.436 e. The summed E-state index contributed by atoms with van der Waals surface area (Å²) in [6.07, 6.45) is 8.28. The van der Waals surface area contributed by atoms with E-state index in [9.17, 15) is 4.79 Å². The molecule has 7 heteroatoms. The van der Waals surface area contributed by atoms with Gasteiger partial charge in [-0.25, -0.2) is 0 Å². The second kappa shape index (κ2) is 14.7. The van der Waals surface area contributed by atoms with Crippen LogP contribution in [-0.4, -0.2) is 57.4 Å². The minimum atomic E-state index is -0.509. The van der Waals surface area contributed by atoms with E-state index >= 15 is 0 Å². The molecule has 200 valence electrons. The Kier molecular flexibility index (Phi) is 12.8. The highest BCUT2D eigenvalue weighted by molar-refractivity contribution is 5.70. The van der Waals surface area contributed by atoms with E-state index in [1.54, 1.807) is 14.0 Å². The van der Waals surface area contributed by atoms with Crippen LogP contribution in [0.3, 0.4) is 0 Å². The molecule has 2 aliphatic carbocycles. The molecule has 0 aromatic rings. The molecule has 0 amide bonds. The molecule has 34 heavy (non-hydrogen) atoms. The zero-order chi connectivity index (χ0) is 25.1. The summed E-state index contributed by atoms with van der Waals surface area (Å²) >= 11 is 0. The topological polar surface area (TPSA) is 72.5 Å². The third-order valence-electron chi connectivity index (χ3n) is 7.94. The lowest BCUT2D eigenvalue weighted by atomic mass is 9.58. The lowest BCUT2D eigenvalue weighted by Crippen LogP contribution is -2.43. The van der Waals surface area contributed by atoms with Crippen molar-refractivity contribution < 1.29 is 33.2 Å². The van der Waals surface area contributed by atoms with Crippen molar-refractivity contribution in [2.24, 2.45) is 17.3 Å². The van der Waals surface area contributed by atoms with Crippen LogP contribution in [0.1, 0.15) is 99.3 Å². The molecule has 4 atom stereocenters. The monoisotopic (exact) mass is 486 g/mol. The molecule has 0 aromatic carbocycles. The van der Waals surface area contributed by atoms with Crippen LogP contribution in [-0.2, 0) is 33.2 Å². The average molecular weight is 487 g/mol. The molecule has 0 aliphatic heterocycles. The van der Waals surface area contributed by atoms with Gasteiger partial charge in [0.25, 0.3) is 0 Å². The standard InChI is InChI=1S/C27H50O7/c1-8-30-20(4)33-25-16-12-23(13-17-25)27(6,18-26(28)34-21(5)31-9-2)22-10-14-24(15-11-22)32-19(3)29-7/h19-25H,8-18H2,1-7H3. The van der Waals surface area contributed by atoms with Gasteiger partial charge in [-0.2, -0.15) is 0 Å². The highest BCUT2D eigenvalue weighted by atomic mass is 16.7. The molecule has 0 radical (unpaired) electrons. The summed E-state index contributed by atoms with van der Waals surface area (Å²) in [5, 5.41) is 0. The van der Waals surface area contributed by atoms with Crippen LogP contribution in [0.15, 0.2) is 0 Å².